The van der Waals surface area contributed by atoms with Crippen LogP contribution in [0.15, 0.2) is 24.3 Å². The molecule has 3 atom stereocenters. The number of ether oxygens (including phenoxy) is 3. The van der Waals surface area contributed by atoms with Crippen molar-refractivity contribution in [3.05, 3.63) is 29.8 Å². The molecule has 3 aliphatic heterocycles. The van der Waals surface area contributed by atoms with Gasteiger partial charge < -0.3 is 18.7 Å². The fourth-order valence-corrected chi connectivity index (χ4v) is 4.61. The van der Waals surface area contributed by atoms with Crippen molar-refractivity contribution in [1.29, 1.82) is 0 Å². The fourth-order valence-electron chi connectivity index (χ4n) is 4.61. The number of hydrogen-bond acceptors (Lipinski definition) is 3. The molecule has 0 aliphatic carbocycles. The minimum atomic E-state index is -0.396. The highest BCUT2D eigenvalue weighted by Crippen LogP contribution is 2.52. The van der Waals surface area contributed by atoms with E-state index in [1.807, 2.05) is 6.07 Å². The maximum absolute atomic E-state index is 6.68. The summed E-state index contributed by atoms with van der Waals surface area (Å²) in [4.78, 5) is 0. The molecule has 3 heterocycles. The van der Waals surface area contributed by atoms with E-state index in [2.05, 4.69) is 57.9 Å². The van der Waals surface area contributed by atoms with Crippen LogP contribution in [0.3, 0.4) is 0 Å². The third-order valence-electron chi connectivity index (χ3n) is 6.54. The van der Waals surface area contributed by atoms with E-state index < -0.39 is 5.60 Å². The number of benzene rings is 1. The summed E-state index contributed by atoms with van der Waals surface area (Å²) < 4.78 is 19.4. The van der Waals surface area contributed by atoms with Crippen molar-refractivity contribution in [3.63, 3.8) is 0 Å². The molecule has 146 valence electrons. The average Bonchev–Trinajstić information content (AvgIpc) is 2.61. The van der Waals surface area contributed by atoms with E-state index in [1.165, 1.54) is 5.56 Å². The summed E-state index contributed by atoms with van der Waals surface area (Å²) in [6, 6.07) is 8.30. The molecule has 1 aromatic rings. The van der Waals surface area contributed by atoms with Crippen molar-refractivity contribution in [1.82, 2.24) is 0 Å². The molecule has 4 heteroatoms. The highest BCUT2D eigenvalue weighted by Gasteiger charge is 2.50. The van der Waals surface area contributed by atoms with Gasteiger partial charge in [-0.1, -0.05) is 24.1 Å². The first kappa shape index (κ1) is 18.8. The first-order valence-corrected chi connectivity index (χ1v) is 10.2. The summed E-state index contributed by atoms with van der Waals surface area (Å²) in [6.07, 6.45) is 2.06. The van der Waals surface area contributed by atoms with E-state index in [0.29, 0.717) is 5.92 Å². The van der Waals surface area contributed by atoms with Gasteiger partial charge in [-0.25, -0.2) is 0 Å². The topological polar surface area (TPSA) is 27.7 Å². The van der Waals surface area contributed by atoms with Gasteiger partial charge in [0.2, 0.25) is 0 Å². The maximum Gasteiger partial charge on any atom is 0.140 e. The Kier molecular flexibility index (Phi) is 4.74. The Bertz CT molecular complexity index is 756. The molecular formula is C23H32NO3+. The van der Waals surface area contributed by atoms with Crippen LogP contribution < -0.4 is 4.74 Å². The van der Waals surface area contributed by atoms with E-state index >= 15 is 0 Å². The predicted octanol–water partition coefficient (Wildman–Crippen LogP) is 3.56. The molecule has 1 aromatic carbocycles. The van der Waals surface area contributed by atoms with E-state index in [-0.39, 0.29) is 11.7 Å². The largest absolute Gasteiger partial charge is 0.487 e. The van der Waals surface area contributed by atoms with Crippen LogP contribution in [0.1, 0.15) is 45.3 Å². The summed E-state index contributed by atoms with van der Waals surface area (Å²) in [6.45, 7) is 11.1. The van der Waals surface area contributed by atoms with E-state index in [4.69, 9.17) is 14.2 Å². The predicted molar refractivity (Wildman–Crippen MR) is 105 cm³/mol. The van der Waals surface area contributed by atoms with Gasteiger partial charge >= 0.3 is 0 Å². The third-order valence-corrected chi connectivity index (χ3v) is 6.54. The maximum atomic E-state index is 6.68. The third kappa shape index (κ3) is 3.74. The van der Waals surface area contributed by atoms with Gasteiger partial charge in [-0.2, -0.15) is 0 Å². The quantitative estimate of drug-likeness (QED) is 0.559. The standard InChI is InChI=1S/C23H32NO3/c1-22(2)19-10-12-23(3,11-7-13-24(4)14-16-25-17-15-24)27-21(19)18-8-5-6-9-20(18)26-22/h5-6,8-9,19,21H,10,12-17H2,1-4H3/q+1/t19-,21-,23+/m0/s1. The van der Waals surface area contributed by atoms with Crippen molar-refractivity contribution in [2.45, 2.75) is 50.9 Å². The molecule has 3 aliphatic rings. The molecule has 0 N–H and O–H groups in total. The van der Waals surface area contributed by atoms with Gasteiger partial charge in [0, 0.05) is 11.5 Å². The molecule has 0 unspecified atom stereocenters. The Labute approximate surface area is 163 Å². The lowest BCUT2D eigenvalue weighted by Crippen LogP contribution is -2.52. The lowest BCUT2D eigenvalue weighted by atomic mass is 9.73. The second-order valence-corrected chi connectivity index (χ2v) is 9.30. The smallest absolute Gasteiger partial charge is 0.140 e. The Morgan fingerprint density at radius 1 is 1.15 bits per heavy atom. The number of rotatable bonds is 1. The zero-order chi connectivity index (χ0) is 19.1. The van der Waals surface area contributed by atoms with Crippen molar-refractivity contribution >= 4 is 0 Å². The van der Waals surface area contributed by atoms with Gasteiger partial charge in [-0.05, 0) is 45.6 Å². The molecule has 4 rings (SSSR count). The summed E-state index contributed by atoms with van der Waals surface area (Å²) in [5.74, 6) is 8.25. The number of hydrogen-bond donors (Lipinski definition) is 0. The minimum absolute atomic E-state index is 0.0474. The Hall–Kier alpha value is -1.54. The van der Waals surface area contributed by atoms with Crippen molar-refractivity contribution in [2.24, 2.45) is 5.92 Å². The number of nitrogens with zero attached hydrogens (tertiary/aromatic N) is 1. The molecule has 0 spiro atoms. The molecule has 0 radical (unpaired) electrons. The Balaban J connectivity index is 1.54. The summed E-state index contributed by atoms with van der Waals surface area (Å²) >= 11 is 0. The van der Waals surface area contributed by atoms with E-state index in [0.717, 1.165) is 55.9 Å². The highest BCUT2D eigenvalue weighted by molar-refractivity contribution is 5.39. The monoisotopic (exact) mass is 370 g/mol. The molecule has 4 nitrogen and oxygen atoms in total. The molecular weight excluding hydrogens is 338 g/mol. The summed E-state index contributed by atoms with van der Waals surface area (Å²) in [5, 5.41) is 0. The van der Waals surface area contributed by atoms with Crippen LogP contribution in [0.5, 0.6) is 5.75 Å². The van der Waals surface area contributed by atoms with Gasteiger partial charge in [0.05, 0.1) is 26.4 Å². The van der Waals surface area contributed by atoms with Crippen LogP contribution in [0.2, 0.25) is 0 Å². The van der Waals surface area contributed by atoms with Crippen molar-refractivity contribution in [3.8, 4) is 17.6 Å². The van der Waals surface area contributed by atoms with E-state index in [1.54, 1.807) is 0 Å². The second kappa shape index (κ2) is 6.81. The van der Waals surface area contributed by atoms with Crippen LogP contribution in [-0.4, -0.2) is 55.6 Å². The highest BCUT2D eigenvalue weighted by atomic mass is 16.5. The Morgan fingerprint density at radius 3 is 2.67 bits per heavy atom. The average molecular weight is 371 g/mol. The van der Waals surface area contributed by atoms with Crippen molar-refractivity contribution < 1.29 is 18.7 Å². The van der Waals surface area contributed by atoms with Gasteiger partial charge in [0.15, 0.2) is 0 Å². The summed E-state index contributed by atoms with van der Waals surface area (Å²) in [7, 11) is 2.27. The normalized spacial score (nSPS) is 33.6. The second-order valence-electron chi connectivity index (χ2n) is 9.30. The first-order valence-electron chi connectivity index (χ1n) is 10.2. The number of para-hydroxylation sites is 1. The lowest BCUT2D eigenvalue weighted by Gasteiger charge is -2.50. The Morgan fingerprint density at radius 2 is 1.89 bits per heavy atom. The molecule has 0 amide bonds. The van der Waals surface area contributed by atoms with Crippen molar-refractivity contribution in [2.75, 3.05) is 39.9 Å². The van der Waals surface area contributed by atoms with Crippen LogP contribution >= 0.6 is 0 Å². The van der Waals surface area contributed by atoms with Gasteiger partial charge in [-0.3, -0.25) is 0 Å². The molecule has 0 saturated carbocycles. The number of fused-ring (bicyclic) bond motifs is 3. The molecule has 0 aromatic heterocycles. The number of morpholine rings is 1. The number of likely N-dealkylation sites (N-methyl/N-ethyl adjacent to an activating group) is 1. The molecule has 2 saturated heterocycles. The zero-order valence-electron chi connectivity index (χ0n) is 17.1. The molecule has 27 heavy (non-hydrogen) atoms. The molecule has 0 bridgehead atoms. The minimum Gasteiger partial charge on any atom is -0.487 e. The van der Waals surface area contributed by atoms with E-state index in [9.17, 15) is 0 Å². The van der Waals surface area contributed by atoms with Crippen LogP contribution in [0.4, 0.5) is 0 Å². The van der Waals surface area contributed by atoms with Gasteiger partial charge in [0.25, 0.3) is 0 Å². The van der Waals surface area contributed by atoms with Crippen LogP contribution in [0.25, 0.3) is 0 Å². The lowest BCUT2D eigenvalue weighted by molar-refractivity contribution is -0.910. The zero-order valence-corrected chi connectivity index (χ0v) is 17.1. The first-order chi connectivity index (χ1) is 12.8. The SMILES string of the molecule is CC1(C)Oc2ccccc2[C@@H]2O[C@](C)(C#CC[N+]3(C)CCOCC3)CC[C@@H]21. The number of quaternary nitrogens is 1. The molecule has 2 fully saturated rings. The van der Waals surface area contributed by atoms with Crippen LogP contribution in [-0.2, 0) is 9.47 Å². The van der Waals surface area contributed by atoms with Gasteiger partial charge in [-0.15, -0.1) is 0 Å². The van der Waals surface area contributed by atoms with Crippen LogP contribution in [0, 0.1) is 17.8 Å². The van der Waals surface area contributed by atoms with Gasteiger partial charge in [0.1, 0.15) is 36.6 Å². The fraction of sp³-hybridized carbons (Fsp3) is 0.652. The summed E-state index contributed by atoms with van der Waals surface area (Å²) in [5.41, 5.74) is 0.551.